The Labute approximate surface area is 118 Å². The number of allylic oxidation sites excluding steroid dienone is 3. The molecule has 2 fully saturated rings. The summed E-state index contributed by atoms with van der Waals surface area (Å²) in [6, 6.07) is 0. The van der Waals surface area contributed by atoms with Gasteiger partial charge >= 0.3 is 0 Å². The van der Waals surface area contributed by atoms with Crippen molar-refractivity contribution >= 4 is 0 Å². The zero-order chi connectivity index (χ0) is 13.6. The Kier molecular flexibility index (Phi) is 3.27. The van der Waals surface area contributed by atoms with Gasteiger partial charge in [0.25, 0.3) is 0 Å². The van der Waals surface area contributed by atoms with Crippen LogP contribution in [-0.4, -0.2) is 18.5 Å². The first kappa shape index (κ1) is 13.3. The normalized spacial score (nSPS) is 37.7. The second-order valence-corrected chi connectivity index (χ2v) is 7.57. The maximum atomic E-state index is 4.28. The molecule has 0 aromatic rings. The lowest BCUT2D eigenvalue weighted by Gasteiger charge is -2.29. The van der Waals surface area contributed by atoms with Crippen LogP contribution in [0.5, 0.6) is 0 Å². The van der Waals surface area contributed by atoms with Gasteiger partial charge in [-0.1, -0.05) is 25.2 Å². The van der Waals surface area contributed by atoms with E-state index in [9.17, 15) is 0 Å². The second-order valence-electron chi connectivity index (χ2n) is 7.57. The average Bonchev–Trinajstić information content (AvgIpc) is 3.27. The Bertz CT molecular complexity index is 404. The molecule has 0 spiro atoms. The lowest BCUT2D eigenvalue weighted by atomic mass is 9.78. The van der Waals surface area contributed by atoms with Gasteiger partial charge in [0, 0.05) is 19.3 Å². The summed E-state index contributed by atoms with van der Waals surface area (Å²) in [7, 11) is 2.25. The molecule has 0 saturated heterocycles. The Hall–Kier alpha value is -0.720. The van der Waals surface area contributed by atoms with E-state index in [4.69, 9.17) is 0 Å². The maximum absolute atomic E-state index is 4.28. The molecule has 106 valence electrons. The molecule has 0 aromatic heterocycles. The minimum Gasteiger partial charge on any atom is -0.378 e. The summed E-state index contributed by atoms with van der Waals surface area (Å²) in [6.07, 6.45) is 10.7. The molecule has 0 amide bonds. The fraction of sp³-hybridized carbons (Fsp3) is 0.778. The van der Waals surface area contributed by atoms with Crippen LogP contribution < -0.4 is 0 Å². The van der Waals surface area contributed by atoms with Gasteiger partial charge in [-0.2, -0.15) is 0 Å². The van der Waals surface area contributed by atoms with Crippen molar-refractivity contribution in [1.82, 2.24) is 4.90 Å². The second kappa shape index (κ2) is 4.68. The molecule has 2 saturated carbocycles. The molecule has 3 aliphatic carbocycles. The largest absolute Gasteiger partial charge is 0.378 e. The Morgan fingerprint density at radius 1 is 1.42 bits per heavy atom. The fourth-order valence-electron chi connectivity index (χ4n) is 3.99. The molecule has 0 heterocycles. The summed E-state index contributed by atoms with van der Waals surface area (Å²) in [5, 5.41) is 0. The number of rotatable bonds is 5. The summed E-state index contributed by atoms with van der Waals surface area (Å²) in [5.41, 5.74) is 3.62. The van der Waals surface area contributed by atoms with Crippen molar-refractivity contribution < 1.29 is 0 Å². The molecule has 3 aliphatic rings. The van der Waals surface area contributed by atoms with Crippen molar-refractivity contribution in [3.05, 3.63) is 23.9 Å². The van der Waals surface area contributed by atoms with Crippen molar-refractivity contribution in [2.45, 2.75) is 52.4 Å². The predicted molar refractivity (Wildman–Crippen MR) is 81.8 cm³/mol. The Morgan fingerprint density at radius 2 is 2.16 bits per heavy atom. The van der Waals surface area contributed by atoms with Gasteiger partial charge in [-0.25, -0.2) is 0 Å². The molecule has 19 heavy (non-hydrogen) atoms. The molecule has 0 radical (unpaired) electrons. The first-order valence-corrected chi connectivity index (χ1v) is 8.06. The van der Waals surface area contributed by atoms with Gasteiger partial charge in [-0.05, 0) is 68.6 Å². The van der Waals surface area contributed by atoms with Gasteiger partial charge in [-0.3, -0.25) is 0 Å². The summed E-state index contributed by atoms with van der Waals surface area (Å²) >= 11 is 0. The summed E-state index contributed by atoms with van der Waals surface area (Å²) in [5.74, 6) is 2.66. The van der Waals surface area contributed by atoms with Crippen LogP contribution in [0.4, 0.5) is 0 Å². The molecular formula is C18H29N. The fourth-order valence-corrected chi connectivity index (χ4v) is 3.99. The number of hydrogen-bond donors (Lipinski definition) is 0. The highest BCUT2D eigenvalue weighted by atomic mass is 15.1. The molecule has 1 heteroatoms. The quantitative estimate of drug-likeness (QED) is 0.651. The minimum absolute atomic E-state index is 0.620. The summed E-state index contributed by atoms with van der Waals surface area (Å²) in [6.45, 7) is 10.3. The molecule has 0 bridgehead atoms. The molecule has 0 aromatic carbocycles. The van der Waals surface area contributed by atoms with Crippen LogP contribution in [0.25, 0.3) is 0 Å². The van der Waals surface area contributed by atoms with Crippen LogP contribution in [0.3, 0.4) is 0 Å². The van der Waals surface area contributed by atoms with E-state index in [1.54, 1.807) is 5.57 Å². The molecule has 3 atom stereocenters. The smallest absolute Gasteiger partial charge is 0.0205 e. The number of nitrogens with zero attached hydrogens (tertiary/aromatic N) is 1. The van der Waals surface area contributed by atoms with E-state index in [1.165, 1.54) is 50.8 Å². The Balaban J connectivity index is 1.53. The third-order valence-electron chi connectivity index (χ3n) is 6.06. The van der Waals surface area contributed by atoms with Crippen molar-refractivity contribution in [3.8, 4) is 0 Å². The van der Waals surface area contributed by atoms with Crippen molar-refractivity contribution in [2.24, 2.45) is 23.2 Å². The lowest BCUT2D eigenvalue weighted by Crippen LogP contribution is -2.25. The van der Waals surface area contributed by atoms with Gasteiger partial charge in [0.1, 0.15) is 0 Å². The van der Waals surface area contributed by atoms with Gasteiger partial charge in [0.15, 0.2) is 0 Å². The van der Waals surface area contributed by atoms with Gasteiger partial charge in [-0.15, -0.1) is 0 Å². The Morgan fingerprint density at radius 3 is 2.74 bits per heavy atom. The third kappa shape index (κ3) is 2.61. The van der Waals surface area contributed by atoms with E-state index in [-0.39, 0.29) is 0 Å². The number of hydrogen-bond acceptors (Lipinski definition) is 1. The van der Waals surface area contributed by atoms with E-state index >= 15 is 0 Å². The van der Waals surface area contributed by atoms with Crippen molar-refractivity contribution in [1.29, 1.82) is 0 Å². The zero-order valence-electron chi connectivity index (χ0n) is 12.9. The molecule has 0 aliphatic heterocycles. The van der Waals surface area contributed by atoms with E-state index in [2.05, 4.69) is 38.5 Å². The highest BCUT2D eigenvalue weighted by Crippen LogP contribution is 2.61. The monoisotopic (exact) mass is 259 g/mol. The van der Waals surface area contributed by atoms with Crippen LogP contribution in [0.1, 0.15) is 52.4 Å². The van der Waals surface area contributed by atoms with Crippen LogP contribution in [0.15, 0.2) is 23.9 Å². The summed E-state index contributed by atoms with van der Waals surface area (Å²) in [4.78, 5) is 2.46. The van der Waals surface area contributed by atoms with Gasteiger partial charge in [0.05, 0.1) is 0 Å². The van der Waals surface area contributed by atoms with Crippen molar-refractivity contribution in [3.63, 3.8) is 0 Å². The zero-order valence-corrected chi connectivity index (χ0v) is 12.9. The predicted octanol–water partition coefficient (Wildman–Crippen LogP) is 4.61. The van der Waals surface area contributed by atoms with E-state index in [0.29, 0.717) is 5.41 Å². The highest BCUT2D eigenvalue weighted by molar-refractivity contribution is 5.13. The molecular weight excluding hydrogens is 230 g/mol. The standard InChI is InChI=1S/C18H29N/c1-13-5-9-16(10-6-13)18(3)11-17(18)12-19(4)14(2)15-7-8-15/h5,15-17H,2,6-12H2,1,3-4H3. The molecule has 0 N–H and O–H groups in total. The minimum atomic E-state index is 0.620. The van der Waals surface area contributed by atoms with Crippen molar-refractivity contribution in [2.75, 3.05) is 13.6 Å². The van der Waals surface area contributed by atoms with Crippen LogP contribution in [0, 0.1) is 23.2 Å². The maximum Gasteiger partial charge on any atom is 0.0205 e. The third-order valence-corrected chi connectivity index (χ3v) is 6.06. The first-order chi connectivity index (χ1) is 9.00. The van der Waals surface area contributed by atoms with Crippen LogP contribution in [0.2, 0.25) is 0 Å². The average molecular weight is 259 g/mol. The molecule has 3 unspecified atom stereocenters. The SMILES string of the molecule is C=C(C1CC1)N(C)CC1CC1(C)C1CC=C(C)CC1. The highest BCUT2D eigenvalue weighted by Gasteiger charge is 2.54. The first-order valence-electron chi connectivity index (χ1n) is 8.06. The summed E-state index contributed by atoms with van der Waals surface area (Å²) < 4.78 is 0. The van der Waals surface area contributed by atoms with Crippen LogP contribution in [-0.2, 0) is 0 Å². The van der Waals surface area contributed by atoms with Gasteiger partial charge in [0.2, 0.25) is 0 Å². The molecule has 1 nitrogen and oxygen atoms in total. The lowest BCUT2D eigenvalue weighted by molar-refractivity contribution is 0.255. The van der Waals surface area contributed by atoms with E-state index in [0.717, 1.165) is 17.8 Å². The van der Waals surface area contributed by atoms with Crippen LogP contribution >= 0.6 is 0 Å². The topological polar surface area (TPSA) is 3.24 Å². The molecule has 3 rings (SSSR count). The van der Waals surface area contributed by atoms with Gasteiger partial charge < -0.3 is 4.90 Å². The van der Waals surface area contributed by atoms with E-state index < -0.39 is 0 Å². The van der Waals surface area contributed by atoms with E-state index in [1.807, 2.05) is 0 Å².